The molecule has 216 valence electrons. The average Bonchev–Trinajstić information content (AvgIpc) is 2.89. The number of nitrogens with one attached hydrogen (secondary N) is 4. The number of amides is 4. The number of aliphatic carboxylic acids is 2. The SMILES string of the molecule is CC[C@H](C)[C@H](NC(=O)C(NC(=O)[C@H](CCSC)NC(=O)[C@H](CCC(=O)O)NC(C)=O)c1ccccc1)C(=O)O. The van der Waals surface area contributed by atoms with Gasteiger partial charge in [-0.2, -0.15) is 11.8 Å². The Balaban J connectivity index is 3.21. The van der Waals surface area contributed by atoms with E-state index < -0.39 is 59.7 Å². The summed E-state index contributed by atoms with van der Waals surface area (Å²) in [4.78, 5) is 73.9. The van der Waals surface area contributed by atoms with Crippen molar-refractivity contribution in [3.05, 3.63) is 35.9 Å². The number of thioether (sulfide) groups is 1. The van der Waals surface area contributed by atoms with Crippen molar-refractivity contribution in [2.45, 2.75) is 70.6 Å². The topological polar surface area (TPSA) is 191 Å². The van der Waals surface area contributed by atoms with E-state index in [1.807, 2.05) is 6.26 Å². The number of rotatable bonds is 17. The lowest BCUT2D eigenvalue weighted by molar-refractivity contribution is -0.144. The summed E-state index contributed by atoms with van der Waals surface area (Å²) in [7, 11) is 0. The molecule has 12 nitrogen and oxygen atoms in total. The maximum absolute atomic E-state index is 13.4. The van der Waals surface area contributed by atoms with E-state index >= 15 is 0 Å². The van der Waals surface area contributed by atoms with Crippen LogP contribution in [0.5, 0.6) is 0 Å². The quantitative estimate of drug-likeness (QED) is 0.160. The molecular formula is C26H38N4O8S. The Morgan fingerprint density at radius 1 is 0.846 bits per heavy atom. The molecule has 13 heteroatoms. The normalized spacial score (nSPS) is 14.6. The largest absolute Gasteiger partial charge is 0.481 e. The van der Waals surface area contributed by atoms with Crippen molar-refractivity contribution in [3.63, 3.8) is 0 Å². The van der Waals surface area contributed by atoms with Gasteiger partial charge in [0.25, 0.3) is 0 Å². The van der Waals surface area contributed by atoms with E-state index in [9.17, 15) is 33.9 Å². The van der Waals surface area contributed by atoms with Crippen LogP contribution in [0.25, 0.3) is 0 Å². The van der Waals surface area contributed by atoms with Gasteiger partial charge in [-0.1, -0.05) is 50.6 Å². The van der Waals surface area contributed by atoms with Gasteiger partial charge < -0.3 is 31.5 Å². The van der Waals surface area contributed by atoms with Crippen molar-refractivity contribution in [1.29, 1.82) is 0 Å². The first-order valence-corrected chi connectivity index (χ1v) is 14.0. The fourth-order valence-corrected chi connectivity index (χ4v) is 4.14. The molecule has 0 aliphatic carbocycles. The Bertz CT molecular complexity index is 1010. The predicted octanol–water partition coefficient (Wildman–Crippen LogP) is 1.07. The minimum absolute atomic E-state index is 0.179. The molecule has 0 aromatic heterocycles. The Morgan fingerprint density at radius 2 is 1.44 bits per heavy atom. The van der Waals surface area contributed by atoms with Crippen LogP contribution in [0.4, 0.5) is 0 Å². The summed E-state index contributed by atoms with van der Waals surface area (Å²) in [5.41, 5.74) is 0.407. The molecule has 5 atom stereocenters. The maximum atomic E-state index is 13.4. The van der Waals surface area contributed by atoms with E-state index in [4.69, 9.17) is 5.11 Å². The molecule has 39 heavy (non-hydrogen) atoms. The molecule has 4 amide bonds. The zero-order chi connectivity index (χ0) is 29.5. The molecule has 0 saturated heterocycles. The first kappa shape index (κ1) is 33.4. The van der Waals surface area contributed by atoms with Crippen molar-refractivity contribution < 1.29 is 39.0 Å². The highest BCUT2D eigenvalue weighted by Crippen LogP contribution is 2.16. The van der Waals surface area contributed by atoms with Crippen LogP contribution in [0.2, 0.25) is 0 Å². The minimum Gasteiger partial charge on any atom is -0.481 e. The summed E-state index contributed by atoms with van der Waals surface area (Å²) in [5.74, 6) is -4.96. The van der Waals surface area contributed by atoms with E-state index in [0.717, 1.165) is 0 Å². The second-order valence-corrected chi connectivity index (χ2v) is 10.1. The zero-order valence-corrected chi connectivity index (χ0v) is 23.4. The Labute approximate surface area is 232 Å². The molecule has 1 unspecified atom stereocenters. The van der Waals surface area contributed by atoms with Gasteiger partial charge in [0, 0.05) is 13.3 Å². The second-order valence-electron chi connectivity index (χ2n) is 9.09. The van der Waals surface area contributed by atoms with Gasteiger partial charge in [-0.25, -0.2) is 4.79 Å². The minimum atomic E-state index is -1.25. The molecule has 0 radical (unpaired) electrons. The smallest absolute Gasteiger partial charge is 0.326 e. The molecular weight excluding hydrogens is 528 g/mol. The summed E-state index contributed by atoms with van der Waals surface area (Å²) in [6.07, 6.45) is 1.93. The lowest BCUT2D eigenvalue weighted by atomic mass is 9.98. The van der Waals surface area contributed by atoms with Gasteiger partial charge >= 0.3 is 11.9 Å². The number of benzene rings is 1. The number of carbonyl (C=O) groups is 6. The summed E-state index contributed by atoms with van der Waals surface area (Å²) in [6, 6.07) is 3.55. The van der Waals surface area contributed by atoms with Crippen molar-refractivity contribution in [3.8, 4) is 0 Å². The number of carboxylic acids is 2. The summed E-state index contributed by atoms with van der Waals surface area (Å²) in [5, 5.41) is 28.7. The number of carboxylic acid groups (broad SMARTS) is 2. The van der Waals surface area contributed by atoms with E-state index in [1.54, 1.807) is 44.2 Å². The van der Waals surface area contributed by atoms with Gasteiger partial charge in [0.15, 0.2) is 0 Å². The van der Waals surface area contributed by atoms with Crippen molar-refractivity contribution in [2.24, 2.45) is 5.92 Å². The van der Waals surface area contributed by atoms with Crippen molar-refractivity contribution in [1.82, 2.24) is 21.3 Å². The van der Waals surface area contributed by atoms with Crippen molar-refractivity contribution in [2.75, 3.05) is 12.0 Å². The molecule has 0 aliphatic rings. The third-order valence-corrected chi connectivity index (χ3v) is 6.69. The van der Waals surface area contributed by atoms with Crippen LogP contribution in [-0.4, -0.2) is 75.9 Å². The molecule has 1 aromatic rings. The van der Waals surface area contributed by atoms with Crippen LogP contribution in [0.3, 0.4) is 0 Å². The maximum Gasteiger partial charge on any atom is 0.326 e. The fraction of sp³-hybridized carbons (Fsp3) is 0.538. The van der Waals surface area contributed by atoms with Gasteiger partial charge in [-0.15, -0.1) is 0 Å². The van der Waals surface area contributed by atoms with Gasteiger partial charge in [-0.05, 0) is 36.3 Å². The second kappa shape index (κ2) is 17.1. The lowest BCUT2D eigenvalue weighted by Crippen LogP contribution is -2.56. The molecule has 0 fully saturated rings. The summed E-state index contributed by atoms with van der Waals surface area (Å²) >= 11 is 1.42. The summed E-state index contributed by atoms with van der Waals surface area (Å²) < 4.78 is 0. The van der Waals surface area contributed by atoms with Crippen LogP contribution >= 0.6 is 11.8 Å². The van der Waals surface area contributed by atoms with Gasteiger partial charge in [0.2, 0.25) is 23.6 Å². The Hall–Kier alpha value is -3.61. The van der Waals surface area contributed by atoms with E-state index in [2.05, 4.69) is 21.3 Å². The van der Waals surface area contributed by atoms with Crippen LogP contribution in [0.1, 0.15) is 58.1 Å². The Morgan fingerprint density at radius 3 is 1.95 bits per heavy atom. The molecule has 0 spiro atoms. The third-order valence-electron chi connectivity index (χ3n) is 6.04. The van der Waals surface area contributed by atoms with Crippen LogP contribution in [-0.2, 0) is 28.8 Å². The van der Waals surface area contributed by atoms with Crippen LogP contribution < -0.4 is 21.3 Å². The monoisotopic (exact) mass is 566 g/mol. The molecule has 1 rings (SSSR count). The first-order valence-electron chi connectivity index (χ1n) is 12.6. The predicted molar refractivity (Wildman–Crippen MR) is 146 cm³/mol. The van der Waals surface area contributed by atoms with E-state index in [1.165, 1.54) is 18.7 Å². The van der Waals surface area contributed by atoms with Gasteiger partial charge in [0.05, 0.1) is 0 Å². The standard InChI is InChI=1S/C26H38N4O8S/c1-5-15(2)21(26(37)38)29-25(36)22(17-9-7-6-8-10-17)30-24(35)19(13-14-39-4)28-23(34)18(27-16(3)31)11-12-20(32)33/h6-10,15,18-19,21-22H,5,11-14H2,1-4H3,(H,27,31)(H,28,34)(H,29,36)(H,30,35)(H,32,33)(H,37,38)/t15-,18-,19-,21-,22?/m0/s1. The lowest BCUT2D eigenvalue weighted by Gasteiger charge is -2.27. The van der Waals surface area contributed by atoms with Gasteiger partial charge in [0.1, 0.15) is 24.2 Å². The number of carbonyl (C=O) groups excluding carboxylic acids is 4. The number of hydrogen-bond acceptors (Lipinski definition) is 7. The van der Waals surface area contributed by atoms with Crippen molar-refractivity contribution >= 4 is 47.3 Å². The Kier molecular flexibility index (Phi) is 14.6. The highest BCUT2D eigenvalue weighted by atomic mass is 32.2. The van der Waals surface area contributed by atoms with E-state index in [0.29, 0.717) is 17.7 Å². The molecule has 0 heterocycles. The highest BCUT2D eigenvalue weighted by molar-refractivity contribution is 7.98. The van der Waals surface area contributed by atoms with Gasteiger partial charge in [-0.3, -0.25) is 24.0 Å². The van der Waals surface area contributed by atoms with Crippen LogP contribution in [0.15, 0.2) is 30.3 Å². The molecule has 0 bridgehead atoms. The fourth-order valence-electron chi connectivity index (χ4n) is 3.67. The van der Waals surface area contributed by atoms with E-state index in [-0.39, 0.29) is 25.2 Å². The first-order chi connectivity index (χ1) is 18.4. The summed E-state index contributed by atoms with van der Waals surface area (Å²) in [6.45, 7) is 4.68. The molecule has 0 aliphatic heterocycles. The highest BCUT2D eigenvalue weighted by Gasteiger charge is 2.33. The average molecular weight is 567 g/mol. The number of hydrogen-bond donors (Lipinski definition) is 6. The van der Waals surface area contributed by atoms with Crippen LogP contribution in [0, 0.1) is 5.92 Å². The third kappa shape index (κ3) is 11.8. The zero-order valence-electron chi connectivity index (χ0n) is 22.6. The molecule has 1 aromatic carbocycles. The molecule has 0 saturated carbocycles. The molecule has 6 N–H and O–H groups in total.